The third-order valence-electron chi connectivity index (χ3n) is 4.01. The predicted molar refractivity (Wildman–Crippen MR) is 101 cm³/mol. The lowest BCUT2D eigenvalue weighted by molar-refractivity contribution is 0.0745. The number of nitrogens with zero attached hydrogens (tertiary/aromatic N) is 4. The maximum Gasteiger partial charge on any atom is 0.255 e. The third-order valence-corrected chi connectivity index (χ3v) is 4.95. The number of anilines is 1. The summed E-state index contributed by atoms with van der Waals surface area (Å²) in [6, 6.07) is 9.53. The number of ether oxygens (including phenoxy) is 1. The van der Waals surface area contributed by atoms with E-state index in [0.29, 0.717) is 24.8 Å². The van der Waals surface area contributed by atoms with Gasteiger partial charge >= 0.3 is 0 Å². The zero-order valence-electron chi connectivity index (χ0n) is 13.7. The minimum atomic E-state index is 0.0936. The number of rotatable bonds is 3. The van der Waals surface area contributed by atoms with E-state index in [0.717, 1.165) is 28.0 Å². The maximum atomic E-state index is 12.7. The van der Waals surface area contributed by atoms with Gasteiger partial charge in [0, 0.05) is 35.8 Å². The molecule has 1 aliphatic heterocycles. The van der Waals surface area contributed by atoms with Crippen LogP contribution in [0.1, 0.15) is 16.2 Å². The van der Waals surface area contributed by atoms with Crippen molar-refractivity contribution in [2.45, 2.75) is 6.92 Å². The van der Waals surface area contributed by atoms with Crippen LogP contribution < -0.4 is 9.64 Å². The Kier molecular flexibility index (Phi) is 5.17. The van der Waals surface area contributed by atoms with Gasteiger partial charge < -0.3 is 14.5 Å². The number of aryl methyl sites for hydroxylation is 1. The van der Waals surface area contributed by atoms with Crippen LogP contribution in [0.2, 0.25) is 0 Å². The first-order valence-corrected chi connectivity index (χ1v) is 8.85. The second-order valence-electron chi connectivity index (χ2n) is 5.57. The number of benzene rings is 1. The van der Waals surface area contributed by atoms with Crippen LogP contribution in [0.3, 0.4) is 0 Å². The van der Waals surface area contributed by atoms with E-state index in [1.807, 2.05) is 42.2 Å². The lowest BCUT2D eigenvalue weighted by Gasteiger charge is -2.35. The summed E-state index contributed by atoms with van der Waals surface area (Å²) in [6.45, 7) is 4.69. The van der Waals surface area contributed by atoms with Crippen molar-refractivity contribution < 1.29 is 9.53 Å². The molecule has 0 bridgehead atoms. The Morgan fingerprint density at radius 1 is 1.17 bits per heavy atom. The summed E-state index contributed by atoms with van der Waals surface area (Å²) in [5.74, 6) is 2.19. The van der Waals surface area contributed by atoms with Gasteiger partial charge in [0.1, 0.15) is 11.6 Å². The molecule has 0 atom stereocenters. The van der Waals surface area contributed by atoms with Crippen LogP contribution in [0, 0.1) is 10.5 Å². The van der Waals surface area contributed by atoms with E-state index < -0.39 is 0 Å². The Bertz CT molecular complexity index is 745. The number of hydrogen-bond acceptors (Lipinski definition) is 5. The lowest BCUT2D eigenvalue weighted by Crippen LogP contribution is -2.49. The fourth-order valence-electron chi connectivity index (χ4n) is 2.74. The monoisotopic (exact) mass is 438 g/mol. The summed E-state index contributed by atoms with van der Waals surface area (Å²) in [5, 5.41) is 0. The standard InChI is InChI=1S/C17H19IN4O2/c1-12-19-15(11-16(20-12)24-2)21-7-9-22(10-8-21)17(23)13-5-3-4-6-14(13)18/h3-6,11H,7-10H2,1-2H3. The van der Waals surface area contributed by atoms with E-state index in [1.165, 1.54) is 0 Å². The maximum absolute atomic E-state index is 12.7. The van der Waals surface area contributed by atoms with Gasteiger partial charge in [0.2, 0.25) is 5.88 Å². The SMILES string of the molecule is COc1cc(N2CCN(C(=O)c3ccccc3I)CC2)nc(C)n1. The van der Waals surface area contributed by atoms with E-state index in [-0.39, 0.29) is 5.91 Å². The molecule has 7 heteroatoms. The second-order valence-corrected chi connectivity index (χ2v) is 6.74. The molecule has 1 amide bonds. The van der Waals surface area contributed by atoms with Gasteiger partial charge in [-0.2, -0.15) is 4.98 Å². The van der Waals surface area contributed by atoms with Gasteiger partial charge in [-0.15, -0.1) is 0 Å². The smallest absolute Gasteiger partial charge is 0.255 e. The van der Waals surface area contributed by atoms with Crippen molar-refractivity contribution in [2.75, 3.05) is 38.2 Å². The van der Waals surface area contributed by atoms with Gasteiger partial charge in [0.15, 0.2) is 0 Å². The molecule has 0 aliphatic carbocycles. The van der Waals surface area contributed by atoms with Gasteiger partial charge in [-0.05, 0) is 41.6 Å². The number of carbonyl (C=O) groups is 1. The molecule has 0 saturated carbocycles. The van der Waals surface area contributed by atoms with Crippen molar-refractivity contribution in [2.24, 2.45) is 0 Å². The molecule has 2 aromatic rings. The quantitative estimate of drug-likeness (QED) is 0.689. The van der Waals surface area contributed by atoms with Crippen molar-refractivity contribution in [3.05, 3.63) is 45.3 Å². The van der Waals surface area contributed by atoms with Crippen LogP contribution in [0.25, 0.3) is 0 Å². The summed E-state index contributed by atoms with van der Waals surface area (Å²) in [4.78, 5) is 25.4. The highest BCUT2D eigenvalue weighted by molar-refractivity contribution is 14.1. The van der Waals surface area contributed by atoms with Crippen molar-refractivity contribution >= 4 is 34.3 Å². The molecule has 3 rings (SSSR count). The van der Waals surface area contributed by atoms with E-state index in [1.54, 1.807) is 7.11 Å². The highest BCUT2D eigenvalue weighted by atomic mass is 127. The van der Waals surface area contributed by atoms with Gasteiger partial charge in [0.25, 0.3) is 5.91 Å². The first-order chi connectivity index (χ1) is 11.6. The fourth-order valence-corrected chi connectivity index (χ4v) is 3.35. The first-order valence-electron chi connectivity index (χ1n) is 7.77. The number of methoxy groups -OCH3 is 1. The number of aromatic nitrogens is 2. The highest BCUT2D eigenvalue weighted by Gasteiger charge is 2.24. The van der Waals surface area contributed by atoms with Crippen molar-refractivity contribution in [1.82, 2.24) is 14.9 Å². The van der Waals surface area contributed by atoms with Gasteiger partial charge in [-0.3, -0.25) is 4.79 Å². The zero-order valence-corrected chi connectivity index (χ0v) is 15.9. The molecule has 0 unspecified atom stereocenters. The second kappa shape index (κ2) is 7.33. The minimum absolute atomic E-state index is 0.0936. The average molecular weight is 438 g/mol. The first kappa shape index (κ1) is 16.9. The highest BCUT2D eigenvalue weighted by Crippen LogP contribution is 2.20. The molecule has 0 N–H and O–H groups in total. The molecule has 2 heterocycles. The molecular weight excluding hydrogens is 419 g/mol. The van der Waals surface area contributed by atoms with Gasteiger partial charge in [-0.25, -0.2) is 4.98 Å². The molecular formula is C17H19IN4O2. The normalized spacial score (nSPS) is 14.6. The van der Waals surface area contributed by atoms with Crippen LogP contribution in [-0.2, 0) is 0 Å². The van der Waals surface area contributed by atoms with Crippen LogP contribution >= 0.6 is 22.6 Å². The summed E-state index contributed by atoms with van der Waals surface area (Å²) in [6.07, 6.45) is 0. The number of piperazine rings is 1. The van der Waals surface area contributed by atoms with Gasteiger partial charge in [-0.1, -0.05) is 12.1 Å². The van der Waals surface area contributed by atoms with E-state index in [2.05, 4.69) is 37.5 Å². The number of amides is 1. The fraction of sp³-hybridized carbons (Fsp3) is 0.353. The molecule has 1 fully saturated rings. The molecule has 1 aliphatic rings. The average Bonchev–Trinajstić information content (AvgIpc) is 2.61. The predicted octanol–water partition coefficient (Wildman–Crippen LogP) is 2.36. The topological polar surface area (TPSA) is 58.6 Å². The van der Waals surface area contributed by atoms with Crippen molar-refractivity contribution in [3.63, 3.8) is 0 Å². The molecule has 24 heavy (non-hydrogen) atoms. The molecule has 6 nitrogen and oxygen atoms in total. The molecule has 126 valence electrons. The number of hydrogen-bond donors (Lipinski definition) is 0. The van der Waals surface area contributed by atoms with E-state index >= 15 is 0 Å². The van der Waals surface area contributed by atoms with E-state index in [4.69, 9.17) is 4.74 Å². The van der Waals surface area contributed by atoms with E-state index in [9.17, 15) is 4.79 Å². The Morgan fingerprint density at radius 3 is 2.54 bits per heavy atom. The van der Waals surface area contributed by atoms with Crippen LogP contribution in [0.4, 0.5) is 5.82 Å². The van der Waals surface area contributed by atoms with Gasteiger partial charge in [0.05, 0.1) is 12.7 Å². The summed E-state index contributed by atoms with van der Waals surface area (Å²) >= 11 is 2.21. The molecule has 0 spiro atoms. The molecule has 1 aromatic heterocycles. The Labute approximate surface area is 155 Å². The number of halogens is 1. The van der Waals surface area contributed by atoms with Crippen molar-refractivity contribution in [1.29, 1.82) is 0 Å². The minimum Gasteiger partial charge on any atom is -0.481 e. The summed E-state index contributed by atoms with van der Waals surface area (Å²) in [5.41, 5.74) is 0.770. The summed E-state index contributed by atoms with van der Waals surface area (Å²) < 4.78 is 6.20. The van der Waals surface area contributed by atoms with Crippen LogP contribution in [0.5, 0.6) is 5.88 Å². The summed E-state index contributed by atoms with van der Waals surface area (Å²) in [7, 11) is 1.60. The van der Waals surface area contributed by atoms with Crippen LogP contribution in [-0.4, -0.2) is 54.1 Å². The Balaban J connectivity index is 1.69. The molecule has 1 aromatic carbocycles. The van der Waals surface area contributed by atoms with Crippen LogP contribution in [0.15, 0.2) is 30.3 Å². The van der Waals surface area contributed by atoms with Crippen molar-refractivity contribution in [3.8, 4) is 5.88 Å². The third kappa shape index (κ3) is 3.61. The Morgan fingerprint density at radius 2 is 1.88 bits per heavy atom. The zero-order chi connectivity index (χ0) is 17.1. The molecule has 0 radical (unpaired) electrons. The number of carbonyl (C=O) groups excluding carboxylic acids is 1. The Hall–Kier alpha value is -1.90. The largest absolute Gasteiger partial charge is 0.481 e. The molecule has 1 saturated heterocycles. The lowest BCUT2D eigenvalue weighted by atomic mass is 10.2.